The largest absolute Gasteiger partial charge is 0.345 e. The van der Waals surface area contributed by atoms with Crippen LogP contribution in [0, 0.1) is 13.8 Å². The molecule has 0 spiro atoms. The van der Waals surface area contributed by atoms with E-state index in [0.717, 1.165) is 36.8 Å². The van der Waals surface area contributed by atoms with E-state index in [4.69, 9.17) is 11.6 Å². The van der Waals surface area contributed by atoms with E-state index in [0.29, 0.717) is 5.88 Å². The fourth-order valence-electron chi connectivity index (χ4n) is 2.90. The molecule has 2 rings (SSSR count). The Morgan fingerprint density at radius 2 is 1.95 bits per heavy atom. The van der Waals surface area contributed by atoms with Crippen LogP contribution in [0.25, 0.3) is 0 Å². The van der Waals surface area contributed by atoms with Gasteiger partial charge in [0.05, 0.1) is 5.54 Å². The second-order valence-electron chi connectivity index (χ2n) is 5.75. The minimum absolute atomic E-state index is 0.0139. The molecule has 3 heteroatoms. The van der Waals surface area contributed by atoms with E-state index >= 15 is 0 Å². The number of hydrogen-bond donors (Lipinski definition) is 1. The van der Waals surface area contributed by atoms with Crippen molar-refractivity contribution in [2.24, 2.45) is 0 Å². The lowest BCUT2D eigenvalue weighted by atomic mass is 9.83. The van der Waals surface area contributed by atoms with Crippen LogP contribution in [0.2, 0.25) is 0 Å². The predicted octanol–water partition coefficient (Wildman–Crippen LogP) is 3.97. The van der Waals surface area contributed by atoms with E-state index in [2.05, 4.69) is 5.32 Å². The summed E-state index contributed by atoms with van der Waals surface area (Å²) in [4.78, 5) is 12.4. The molecule has 0 bridgehead atoms. The summed E-state index contributed by atoms with van der Waals surface area (Å²) < 4.78 is 0. The normalized spacial score (nSPS) is 18.1. The number of carbonyl (C=O) groups is 1. The average molecular weight is 280 g/mol. The van der Waals surface area contributed by atoms with Gasteiger partial charge in [0.1, 0.15) is 0 Å². The molecule has 1 aliphatic rings. The fraction of sp³-hybridized carbons (Fsp3) is 0.562. The van der Waals surface area contributed by atoms with Crippen molar-refractivity contribution < 1.29 is 4.79 Å². The molecule has 1 fully saturated rings. The first-order valence-electron chi connectivity index (χ1n) is 7.02. The van der Waals surface area contributed by atoms with Crippen molar-refractivity contribution in [3.63, 3.8) is 0 Å². The topological polar surface area (TPSA) is 29.1 Å². The Balaban J connectivity index is 2.15. The van der Waals surface area contributed by atoms with E-state index in [1.807, 2.05) is 32.0 Å². The lowest BCUT2D eigenvalue weighted by Gasteiger charge is -2.36. The molecule has 0 saturated heterocycles. The third-order valence-electron chi connectivity index (χ3n) is 4.07. The van der Waals surface area contributed by atoms with E-state index in [9.17, 15) is 4.79 Å². The molecule has 1 aromatic carbocycles. The van der Waals surface area contributed by atoms with E-state index in [1.165, 1.54) is 12.0 Å². The van der Waals surface area contributed by atoms with Crippen molar-refractivity contribution in [2.75, 3.05) is 5.88 Å². The molecule has 1 aliphatic carbocycles. The monoisotopic (exact) mass is 279 g/mol. The first-order valence-corrected chi connectivity index (χ1v) is 7.55. The van der Waals surface area contributed by atoms with Gasteiger partial charge in [0, 0.05) is 11.4 Å². The van der Waals surface area contributed by atoms with Crippen LogP contribution in [0.4, 0.5) is 0 Å². The molecular weight excluding hydrogens is 258 g/mol. The maximum absolute atomic E-state index is 12.4. The SMILES string of the molecule is Cc1ccc(C(=O)NC2(CCl)CCCCC2)c(C)c1. The molecule has 0 aliphatic heterocycles. The number of hydrogen-bond acceptors (Lipinski definition) is 1. The third kappa shape index (κ3) is 3.30. The molecule has 0 radical (unpaired) electrons. The van der Waals surface area contributed by atoms with Crippen molar-refractivity contribution in [3.8, 4) is 0 Å². The molecular formula is C16H22ClNO. The standard InChI is InChI=1S/C16H22ClNO/c1-12-6-7-14(13(2)10-12)15(19)18-16(11-17)8-4-3-5-9-16/h6-7,10H,3-5,8-9,11H2,1-2H3,(H,18,19). The zero-order valence-electron chi connectivity index (χ0n) is 11.8. The van der Waals surface area contributed by atoms with Crippen LogP contribution in [0.5, 0.6) is 0 Å². The number of amides is 1. The fourth-order valence-corrected chi connectivity index (χ4v) is 3.23. The average Bonchev–Trinajstić information content (AvgIpc) is 2.39. The molecule has 0 aromatic heterocycles. The smallest absolute Gasteiger partial charge is 0.252 e. The second-order valence-corrected chi connectivity index (χ2v) is 6.01. The quantitative estimate of drug-likeness (QED) is 0.833. The Morgan fingerprint density at radius 1 is 1.26 bits per heavy atom. The summed E-state index contributed by atoms with van der Waals surface area (Å²) in [6, 6.07) is 5.93. The molecule has 104 valence electrons. The number of carbonyl (C=O) groups excluding carboxylic acids is 1. The number of nitrogens with one attached hydrogen (secondary N) is 1. The molecule has 2 nitrogen and oxygen atoms in total. The Kier molecular flexibility index (Phi) is 4.51. The van der Waals surface area contributed by atoms with Gasteiger partial charge in [-0.3, -0.25) is 4.79 Å². The van der Waals surface area contributed by atoms with Gasteiger partial charge in [-0.15, -0.1) is 11.6 Å². The van der Waals surface area contributed by atoms with E-state index in [-0.39, 0.29) is 11.4 Å². The predicted molar refractivity (Wildman–Crippen MR) is 79.9 cm³/mol. The molecule has 1 amide bonds. The van der Waals surface area contributed by atoms with Gasteiger partial charge in [0.2, 0.25) is 0 Å². The van der Waals surface area contributed by atoms with Crippen molar-refractivity contribution in [2.45, 2.75) is 51.5 Å². The summed E-state index contributed by atoms with van der Waals surface area (Å²) in [6.07, 6.45) is 5.54. The van der Waals surface area contributed by atoms with Crippen molar-refractivity contribution in [1.29, 1.82) is 0 Å². The lowest BCUT2D eigenvalue weighted by molar-refractivity contribution is 0.0884. The molecule has 0 heterocycles. The highest BCUT2D eigenvalue weighted by Crippen LogP contribution is 2.29. The van der Waals surface area contributed by atoms with E-state index < -0.39 is 0 Å². The van der Waals surface area contributed by atoms with Crippen molar-refractivity contribution in [3.05, 3.63) is 34.9 Å². The van der Waals surface area contributed by atoms with Crippen LogP contribution >= 0.6 is 11.6 Å². The van der Waals surface area contributed by atoms with Gasteiger partial charge < -0.3 is 5.32 Å². The van der Waals surface area contributed by atoms with Crippen LogP contribution < -0.4 is 5.32 Å². The Bertz CT molecular complexity index is 464. The van der Waals surface area contributed by atoms with Gasteiger partial charge in [-0.25, -0.2) is 0 Å². The first-order chi connectivity index (χ1) is 9.06. The summed E-state index contributed by atoms with van der Waals surface area (Å²) in [7, 11) is 0. The van der Waals surface area contributed by atoms with Crippen molar-refractivity contribution >= 4 is 17.5 Å². The summed E-state index contributed by atoms with van der Waals surface area (Å²) in [5.41, 5.74) is 2.77. The molecule has 1 saturated carbocycles. The summed E-state index contributed by atoms with van der Waals surface area (Å²) in [5, 5.41) is 3.19. The minimum Gasteiger partial charge on any atom is -0.345 e. The number of halogens is 1. The molecule has 19 heavy (non-hydrogen) atoms. The molecule has 0 unspecified atom stereocenters. The number of aryl methyl sites for hydroxylation is 2. The summed E-state index contributed by atoms with van der Waals surface area (Å²) in [5.74, 6) is 0.518. The molecule has 1 aromatic rings. The van der Waals surface area contributed by atoms with Gasteiger partial charge in [0.15, 0.2) is 0 Å². The van der Waals surface area contributed by atoms with Gasteiger partial charge in [-0.05, 0) is 38.3 Å². The van der Waals surface area contributed by atoms with Crippen LogP contribution in [0.15, 0.2) is 18.2 Å². The number of benzene rings is 1. The zero-order chi connectivity index (χ0) is 13.9. The highest BCUT2D eigenvalue weighted by atomic mass is 35.5. The number of rotatable bonds is 3. The van der Waals surface area contributed by atoms with Crippen molar-refractivity contribution in [1.82, 2.24) is 5.32 Å². The lowest BCUT2D eigenvalue weighted by Crippen LogP contribution is -2.51. The van der Waals surface area contributed by atoms with Gasteiger partial charge in [0.25, 0.3) is 5.91 Å². The van der Waals surface area contributed by atoms with Crippen LogP contribution in [-0.2, 0) is 0 Å². The van der Waals surface area contributed by atoms with Gasteiger partial charge >= 0.3 is 0 Å². The zero-order valence-corrected chi connectivity index (χ0v) is 12.5. The maximum atomic E-state index is 12.4. The first kappa shape index (κ1) is 14.4. The second kappa shape index (κ2) is 5.96. The van der Waals surface area contributed by atoms with Crippen LogP contribution in [0.3, 0.4) is 0 Å². The summed E-state index contributed by atoms with van der Waals surface area (Å²) in [6.45, 7) is 4.02. The van der Waals surface area contributed by atoms with Crippen LogP contribution in [0.1, 0.15) is 53.6 Å². The van der Waals surface area contributed by atoms with Crippen LogP contribution in [-0.4, -0.2) is 17.3 Å². The minimum atomic E-state index is -0.200. The van der Waals surface area contributed by atoms with Gasteiger partial charge in [-0.1, -0.05) is 37.0 Å². The third-order valence-corrected chi connectivity index (χ3v) is 4.58. The van der Waals surface area contributed by atoms with Gasteiger partial charge in [-0.2, -0.15) is 0 Å². The Hall–Kier alpha value is -1.02. The highest BCUT2D eigenvalue weighted by Gasteiger charge is 2.33. The highest BCUT2D eigenvalue weighted by molar-refractivity contribution is 6.19. The number of alkyl halides is 1. The Labute approximate surface area is 120 Å². The summed E-state index contributed by atoms with van der Waals surface area (Å²) >= 11 is 6.12. The molecule has 1 N–H and O–H groups in total. The Morgan fingerprint density at radius 3 is 2.53 bits per heavy atom. The molecule has 0 atom stereocenters. The maximum Gasteiger partial charge on any atom is 0.252 e. The van der Waals surface area contributed by atoms with E-state index in [1.54, 1.807) is 0 Å².